The first-order valence-corrected chi connectivity index (χ1v) is 27.6. The van der Waals surface area contributed by atoms with E-state index in [0.29, 0.717) is 18.3 Å². The molecule has 6 amide bonds. The molecule has 436 valence electrons. The van der Waals surface area contributed by atoms with Gasteiger partial charge in [0.25, 0.3) is 0 Å². The summed E-state index contributed by atoms with van der Waals surface area (Å²) in [5, 5.41) is 102. The topological polar surface area (TPSA) is 400 Å². The number of nitrogens with two attached hydrogens (primary N) is 2. The van der Waals surface area contributed by atoms with Crippen molar-refractivity contribution < 1.29 is 74.4 Å². The highest BCUT2D eigenvalue weighted by atomic mass is 16.3. The summed E-state index contributed by atoms with van der Waals surface area (Å²) in [5.74, 6) is -7.38. The maximum Gasteiger partial charge on any atom is 0.248 e. The fourth-order valence-corrected chi connectivity index (χ4v) is 10.5. The Hall–Kier alpha value is -4.89. The van der Waals surface area contributed by atoms with Crippen molar-refractivity contribution in [3.05, 3.63) is 29.8 Å². The number of Topliss-reactive ketones (excluding diaryl/α,β-unsaturated/α-hetero) is 1. The van der Waals surface area contributed by atoms with Crippen LogP contribution in [-0.2, 0) is 33.6 Å². The van der Waals surface area contributed by atoms with Crippen LogP contribution in [0.3, 0.4) is 0 Å². The van der Waals surface area contributed by atoms with Gasteiger partial charge in [0.1, 0.15) is 60.1 Å². The second kappa shape index (κ2) is 31.6. The second-order valence-corrected chi connectivity index (χ2v) is 21.6. The van der Waals surface area contributed by atoms with Gasteiger partial charge in [-0.2, -0.15) is 0 Å². The number of carbonyl (C=O) groups excluding carboxylic acids is 7. The first-order valence-electron chi connectivity index (χ1n) is 27.6. The van der Waals surface area contributed by atoms with Crippen molar-refractivity contribution in [1.82, 2.24) is 36.4 Å². The number of nitrogens with zero attached hydrogens (tertiary/aromatic N) is 2. The minimum absolute atomic E-state index is 0.0146. The molecule has 24 nitrogen and oxygen atoms in total. The van der Waals surface area contributed by atoms with Crippen LogP contribution in [-0.4, -0.2) is 198 Å². The van der Waals surface area contributed by atoms with E-state index < -0.39 is 146 Å². The van der Waals surface area contributed by atoms with Crippen molar-refractivity contribution in [1.29, 1.82) is 0 Å². The summed E-state index contributed by atoms with van der Waals surface area (Å²) in [7, 11) is 0. The third-order valence-corrected chi connectivity index (χ3v) is 15.2. The van der Waals surface area contributed by atoms with E-state index in [1.807, 2.05) is 0 Å². The zero-order valence-corrected chi connectivity index (χ0v) is 45.2. The van der Waals surface area contributed by atoms with E-state index in [4.69, 9.17) is 11.5 Å². The molecule has 0 radical (unpaired) electrons. The van der Waals surface area contributed by atoms with Crippen LogP contribution in [0.15, 0.2) is 24.3 Å². The van der Waals surface area contributed by atoms with Gasteiger partial charge in [-0.3, -0.25) is 38.9 Å². The molecule has 0 saturated carbocycles. The molecule has 0 aliphatic carbocycles. The Morgan fingerprint density at radius 2 is 1.34 bits per heavy atom. The smallest absolute Gasteiger partial charge is 0.248 e. The molecule has 8 unspecified atom stereocenters. The molecule has 3 fully saturated rings. The van der Waals surface area contributed by atoms with Gasteiger partial charge in [-0.1, -0.05) is 77.8 Å². The van der Waals surface area contributed by atoms with Gasteiger partial charge in [-0.25, -0.2) is 0 Å². The van der Waals surface area contributed by atoms with E-state index >= 15 is 0 Å². The average molecular weight is 1090 g/mol. The number of aliphatic hydroxyl groups is 7. The van der Waals surface area contributed by atoms with Crippen LogP contribution in [0, 0.1) is 17.8 Å². The molecule has 24 heteroatoms. The third kappa shape index (κ3) is 18.9. The van der Waals surface area contributed by atoms with Gasteiger partial charge < -0.3 is 83.4 Å². The van der Waals surface area contributed by atoms with E-state index in [0.717, 1.165) is 54.7 Å². The van der Waals surface area contributed by atoms with E-state index in [9.17, 15) is 74.4 Å². The van der Waals surface area contributed by atoms with E-state index in [-0.39, 0.29) is 62.5 Å². The van der Waals surface area contributed by atoms with Crippen LogP contribution in [0.4, 0.5) is 0 Å². The van der Waals surface area contributed by atoms with Crippen molar-refractivity contribution in [2.45, 2.75) is 203 Å². The summed E-state index contributed by atoms with van der Waals surface area (Å²) < 4.78 is 0. The lowest BCUT2D eigenvalue weighted by Crippen LogP contribution is -2.65. The van der Waals surface area contributed by atoms with Crippen molar-refractivity contribution in [3.63, 3.8) is 0 Å². The molecule has 0 spiro atoms. The fourth-order valence-electron chi connectivity index (χ4n) is 10.5. The summed E-state index contributed by atoms with van der Waals surface area (Å²) >= 11 is 0. The number of aromatic hydroxyl groups is 1. The van der Waals surface area contributed by atoms with Crippen molar-refractivity contribution in [3.8, 4) is 5.75 Å². The number of fused-ring (bicyclic) bond motifs is 2. The zero-order valence-electron chi connectivity index (χ0n) is 45.2. The number of carbonyl (C=O) groups is 7. The number of hydrogen-bond donors (Lipinski definition) is 15. The first-order chi connectivity index (χ1) is 36.5. The molecular weight excluding hydrogens is 1000 g/mol. The SMILES string of the molecule is CCC(C)CC(C)CCCCCCCCC(=O)CC1CC(O)[C@H](NCCN)NC(=O)[C@@H]2[C@@H](O)CCN2C(=O)[C@H](C(O)CCN)NC(=O)[C@H](C(O)[C@@H](O)c2ccc(O)cc2)NC(=O)[C@@H]2CC(O)CN2C(=O)C([C@@H](C)O)NC1=O. The molecular formula is C53H89N9O15. The fraction of sp³-hybridized carbons (Fsp3) is 0.755. The van der Waals surface area contributed by atoms with Crippen molar-refractivity contribution >= 4 is 41.2 Å². The lowest BCUT2D eigenvalue weighted by molar-refractivity contribution is -0.148. The normalized spacial score (nSPS) is 28.7. The van der Waals surface area contributed by atoms with Crippen molar-refractivity contribution in [2.24, 2.45) is 29.2 Å². The number of hydrogen-bond acceptors (Lipinski definition) is 18. The number of nitrogens with one attached hydrogen (secondary N) is 5. The minimum Gasteiger partial charge on any atom is -0.508 e. The molecule has 0 bridgehead atoms. The Bertz CT molecular complexity index is 2070. The summed E-state index contributed by atoms with van der Waals surface area (Å²) in [4.78, 5) is 102. The average Bonchev–Trinajstić information content (AvgIpc) is 3.99. The lowest BCUT2D eigenvalue weighted by Gasteiger charge is -2.35. The maximum absolute atomic E-state index is 14.6. The summed E-state index contributed by atoms with van der Waals surface area (Å²) in [6.45, 7) is 6.84. The number of rotatable bonds is 24. The number of phenolic OH excluding ortho intramolecular Hbond substituents is 1. The van der Waals surface area contributed by atoms with Gasteiger partial charge in [0.15, 0.2) is 0 Å². The van der Waals surface area contributed by atoms with Gasteiger partial charge in [0.2, 0.25) is 35.4 Å². The molecule has 3 aliphatic heterocycles. The molecule has 77 heavy (non-hydrogen) atoms. The maximum atomic E-state index is 14.6. The van der Waals surface area contributed by atoms with Crippen LogP contribution in [0.5, 0.6) is 5.75 Å². The van der Waals surface area contributed by atoms with Gasteiger partial charge in [0, 0.05) is 51.4 Å². The quantitative estimate of drug-likeness (QED) is 0.0488. The van der Waals surface area contributed by atoms with Gasteiger partial charge in [0.05, 0.1) is 30.5 Å². The molecule has 1 aromatic carbocycles. The summed E-state index contributed by atoms with van der Waals surface area (Å²) in [6.07, 6.45) is -6.76. The highest BCUT2D eigenvalue weighted by molar-refractivity contribution is 5.98. The first kappa shape index (κ1) is 64.6. The van der Waals surface area contributed by atoms with Crippen LogP contribution in [0.2, 0.25) is 0 Å². The zero-order chi connectivity index (χ0) is 57.1. The van der Waals surface area contributed by atoms with E-state index in [1.165, 1.54) is 37.6 Å². The standard InChI is InChI=1S/C53H89N9O15/c1-5-29(2)24-30(3)12-10-8-6-7-9-11-13-35(65)25-33-26-40(69)47(56-22-21-55)60-51(75)44-39(68)19-23-61(44)53(77)42(38(67)18-20-54)58-50(74)43(46(71)45(70)32-14-16-34(64)17-15-32)59-49(73)37-27-36(66)28-62(37)52(76)41(31(4)63)57-48(33)72/h14-17,29-31,33,36-47,56,63-64,66-71H,5-13,18-28,54-55H2,1-4H3,(H,57,72)(H,58,74)(H,59,73)(H,60,75)/t29?,30?,31-,33?,36?,37+,38?,39+,40?,41?,42+,43+,44+,45+,46?,47-/m1/s1. The van der Waals surface area contributed by atoms with E-state index in [2.05, 4.69) is 47.4 Å². The number of aliphatic hydroxyl groups excluding tert-OH is 7. The van der Waals surface area contributed by atoms with Crippen LogP contribution in [0.1, 0.15) is 136 Å². The predicted molar refractivity (Wildman–Crippen MR) is 281 cm³/mol. The van der Waals surface area contributed by atoms with E-state index in [1.54, 1.807) is 0 Å². The molecule has 3 heterocycles. The highest BCUT2D eigenvalue weighted by Gasteiger charge is 2.49. The number of benzene rings is 1. The third-order valence-electron chi connectivity index (χ3n) is 15.2. The molecule has 16 atom stereocenters. The molecule has 1 aromatic rings. The summed E-state index contributed by atoms with van der Waals surface area (Å²) in [5.41, 5.74) is 11.5. The Kier molecular flexibility index (Phi) is 26.6. The number of ketones is 1. The van der Waals surface area contributed by atoms with Crippen LogP contribution < -0.4 is 38.1 Å². The molecule has 4 rings (SSSR count). The van der Waals surface area contributed by atoms with Crippen LogP contribution >= 0.6 is 0 Å². The Balaban J connectivity index is 1.73. The molecule has 0 aromatic heterocycles. The monoisotopic (exact) mass is 1090 g/mol. The number of phenols is 1. The Morgan fingerprint density at radius 3 is 1.97 bits per heavy atom. The molecule has 3 saturated heterocycles. The summed E-state index contributed by atoms with van der Waals surface area (Å²) in [6, 6.07) is -4.64. The Morgan fingerprint density at radius 1 is 0.714 bits per heavy atom. The molecule has 3 aliphatic rings. The molecule has 17 N–H and O–H groups in total. The van der Waals surface area contributed by atoms with Gasteiger partial charge >= 0.3 is 0 Å². The second-order valence-electron chi connectivity index (χ2n) is 21.6. The lowest BCUT2D eigenvalue weighted by atomic mass is 9.90. The van der Waals surface area contributed by atoms with Crippen molar-refractivity contribution in [2.75, 3.05) is 32.7 Å². The number of unbranched alkanes of at least 4 members (excludes halogenated alkanes) is 5. The number of amides is 6. The highest BCUT2D eigenvalue weighted by Crippen LogP contribution is 2.27. The van der Waals surface area contributed by atoms with Crippen LogP contribution in [0.25, 0.3) is 0 Å². The minimum atomic E-state index is -2.27. The van der Waals surface area contributed by atoms with Gasteiger partial charge in [-0.15, -0.1) is 0 Å². The largest absolute Gasteiger partial charge is 0.508 e. The predicted octanol–water partition coefficient (Wildman–Crippen LogP) is -2.22. The van der Waals surface area contributed by atoms with Gasteiger partial charge in [-0.05, 0) is 75.1 Å². The Labute approximate surface area is 451 Å².